The van der Waals surface area contributed by atoms with Crippen LogP contribution in [-0.2, 0) is 12.4 Å². The van der Waals surface area contributed by atoms with E-state index in [9.17, 15) is 5.11 Å². The van der Waals surface area contributed by atoms with E-state index >= 15 is 0 Å². The van der Waals surface area contributed by atoms with Crippen molar-refractivity contribution in [2.75, 3.05) is 0 Å². The molecule has 19 heavy (non-hydrogen) atoms. The molecule has 0 aliphatic carbocycles. The Hall–Kier alpha value is -1.45. The molecule has 1 unspecified atom stereocenters. The van der Waals surface area contributed by atoms with Crippen LogP contribution < -0.4 is 4.74 Å². The van der Waals surface area contributed by atoms with E-state index in [2.05, 4.69) is 13.0 Å². The molecule has 0 amide bonds. The molecule has 2 nitrogen and oxygen atoms in total. The topological polar surface area (TPSA) is 29.5 Å². The van der Waals surface area contributed by atoms with Crippen LogP contribution in [0, 0.1) is 6.92 Å². The summed E-state index contributed by atoms with van der Waals surface area (Å²) in [7, 11) is 0. The molecule has 1 N–H and O–H groups in total. The number of aryl methyl sites for hydroxylation is 1. The number of thioether (sulfide) groups is 1. The molecule has 98 valence electrons. The lowest BCUT2D eigenvalue weighted by Gasteiger charge is -2.14. The van der Waals surface area contributed by atoms with Crippen LogP contribution in [0.3, 0.4) is 0 Å². The van der Waals surface area contributed by atoms with Crippen molar-refractivity contribution >= 4 is 11.8 Å². The van der Waals surface area contributed by atoms with E-state index in [1.54, 1.807) is 11.8 Å². The Balaban J connectivity index is 1.85. The number of ether oxygens (including phenoxy) is 1. The zero-order chi connectivity index (χ0) is 13.2. The van der Waals surface area contributed by atoms with Gasteiger partial charge in [-0.15, -0.1) is 11.8 Å². The molecule has 1 heterocycles. The van der Waals surface area contributed by atoms with Gasteiger partial charge in [0, 0.05) is 11.3 Å². The third-order valence-electron chi connectivity index (χ3n) is 3.25. The van der Waals surface area contributed by atoms with Crippen LogP contribution in [0.5, 0.6) is 5.75 Å². The van der Waals surface area contributed by atoms with Crippen LogP contribution in [0.4, 0.5) is 0 Å². The van der Waals surface area contributed by atoms with Crippen molar-refractivity contribution in [3.63, 3.8) is 0 Å². The van der Waals surface area contributed by atoms with Gasteiger partial charge < -0.3 is 9.84 Å². The summed E-state index contributed by atoms with van der Waals surface area (Å²) in [5.74, 6) is 1.68. The van der Waals surface area contributed by atoms with Crippen molar-refractivity contribution in [2.45, 2.75) is 24.7 Å². The molecule has 0 spiro atoms. The lowest BCUT2D eigenvalue weighted by molar-refractivity contribution is 0.252. The van der Waals surface area contributed by atoms with Crippen molar-refractivity contribution < 1.29 is 9.84 Å². The SMILES string of the molecule is Cc1cc2c(c(OCc3ccccc3)c1)C(O)SC2. The molecule has 0 radical (unpaired) electrons. The van der Waals surface area contributed by atoms with Gasteiger partial charge in [0.25, 0.3) is 0 Å². The second-order valence-electron chi connectivity index (χ2n) is 4.77. The maximum Gasteiger partial charge on any atom is 0.129 e. The average Bonchev–Trinajstić information content (AvgIpc) is 2.79. The maximum absolute atomic E-state index is 10.0. The van der Waals surface area contributed by atoms with Gasteiger partial charge in [-0.3, -0.25) is 0 Å². The van der Waals surface area contributed by atoms with Gasteiger partial charge in [-0.2, -0.15) is 0 Å². The lowest BCUT2D eigenvalue weighted by atomic mass is 10.1. The summed E-state index contributed by atoms with van der Waals surface area (Å²) in [5.41, 5.74) is 4.00. The molecule has 0 aromatic heterocycles. The van der Waals surface area contributed by atoms with Crippen molar-refractivity contribution in [1.82, 2.24) is 0 Å². The van der Waals surface area contributed by atoms with E-state index in [4.69, 9.17) is 4.74 Å². The van der Waals surface area contributed by atoms with Crippen LogP contribution >= 0.6 is 11.8 Å². The number of hydrogen-bond acceptors (Lipinski definition) is 3. The third kappa shape index (κ3) is 2.62. The van der Waals surface area contributed by atoms with Crippen LogP contribution in [0.1, 0.15) is 27.7 Å². The lowest BCUT2D eigenvalue weighted by Crippen LogP contribution is -2.01. The normalized spacial score (nSPS) is 17.3. The summed E-state index contributed by atoms with van der Waals surface area (Å²) < 4.78 is 5.91. The maximum atomic E-state index is 10.0. The van der Waals surface area contributed by atoms with Gasteiger partial charge in [0.2, 0.25) is 0 Å². The fourth-order valence-corrected chi connectivity index (χ4v) is 3.35. The summed E-state index contributed by atoms with van der Waals surface area (Å²) in [6, 6.07) is 14.2. The van der Waals surface area contributed by atoms with E-state index in [0.717, 1.165) is 22.6 Å². The molecule has 2 aromatic carbocycles. The smallest absolute Gasteiger partial charge is 0.129 e. The second kappa shape index (κ2) is 5.27. The molecule has 0 saturated carbocycles. The largest absolute Gasteiger partial charge is 0.488 e. The number of aliphatic hydroxyl groups is 1. The molecule has 1 atom stereocenters. The molecule has 3 rings (SSSR count). The van der Waals surface area contributed by atoms with E-state index in [-0.39, 0.29) is 0 Å². The Morgan fingerprint density at radius 3 is 2.84 bits per heavy atom. The van der Waals surface area contributed by atoms with Crippen molar-refractivity contribution in [2.24, 2.45) is 0 Å². The monoisotopic (exact) mass is 272 g/mol. The highest BCUT2D eigenvalue weighted by atomic mass is 32.2. The third-order valence-corrected chi connectivity index (χ3v) is 4.28. The van der Waals surface area contributed by atoms with Gasteiger partial charge in [-0.05, 0) is 29.7 Å². The highest BCUT2D eigenvalue weighted by molar-refractivity contribution is 7.98. The summed E-state index contributed by atoms with van der Waals surface area (Å²) >= 11 is 1.55. The molecule has 1 aliphatic heterocycles. The van der Waals surface area contributed by atoms with Gasteiger partial charge in [-0.1, -0.05) is 36.4 Å². The van der Waals surface area contributed by atoms with Crippen LogP contribution in [0.25, 0.3) is 0 Å². The highest BCUT2D eigenvalue weighted by Crippen LogP contribution is 2.45. The van der Waals surface area contributed by atoms with Crippen molar-refractivity contribution in [1.29, 1.82) is 0 Å². The minimum atomic E-state index is -0.457. The van der Waals surface area contributed by atoms with Crippen LogP contribution in [-0.4, -0.2) is 5.11 Å². The van der Waals surface area contributed by atoms with Crippen LogP contribution in [0.15, 0.2) is 42.5 Å². The number of hydrogen-bond donors (Lipinski definition) is 1. The Labute approximate surface area is 117 Å². The first kappa shape index (κ1) is 12.6. The van der Waals surface area contributed by atoms with E-state index < -0.39 is 5.44 Å². The molecule has 0 bridgehead atoms. The highest BCUT2D eigenvalue weighted by Gasteiger charge is 2.25. The summed E-state index contributed by atoms with van der Waals surface area (Å²) in [6.07, 6.45) is 0. The number of fused-ring (bicyclic) bond motifs is 1. The van der Waals surface area contributed by atoms with Crippen molar-refractivity contribution in [3.05, 3.63) is 64.7 Å². The molecule has 1 aliphatic rings. The zero-order valence-electron chi connectivity index (χ0n) is 10.8. The summed E-state index contributed by atoms with van der Waals surface area (Å²) in [6.45, 7) is 2.60. The Morgan fingerprint density at radius 1 is 1.26 bits per heavy atom. The van der Waals surface area contributed by atoms with Gasteiger partial charge in [-0.25, -0.2) is 0 Å². The summed E-state index contributed by atoms with van der Waals surface area (Å²) in [5, 5.41) is 10.0. The van der Waals surface area contributed by atoms with Gasteiger partial charge in [0.1, 0.15) is 17.8 Å². The van der Waals surface area contributed by atoms with E-state index in [1.165, 1.54) is 11.1 Å². The quantitative estimate of drug-likeness (QED) is 0.921. The average molecular weight is 272 g/mol. The predicted octanol–water partition coefficient (Wildman–Crippen LogP) is 3.81. The number of benzene rings is 2. The first-order valence-electron chi connectivity index (χ1n) is 6.34. The zero-order valence-corrected chi connectivity index (χ0v) is 11.6. The minimum absolute atomic E-state index is 0.457. The van der Waals surface area contributed by atoms with Crippen LogP contribution in [0.2, 0.25) is 0 Å². The number of rotatable bonds is 3. The van der Waals surface area contributed by atoms with Gasteiger partial charge in [0.05, 0.1) is 0 Å². The first-order valence-corrected chi connectivity index (χ1v) is 7.39. The number of aliphatic hydroxyl groups excluding tert-OH is 1. The molecular formula is C16H16O2S. The molecule has 0 fully saturated rings. The Morgan fingerprint density at radius 2 is 2.05 bits per heavy atom. The molecular weight excluding hydrogens is 256 g/mol. The van der Waals surface area contributed by atoms with E-state index in [0.29, 0.717) is 6.61 Å². The van der Waals surface area contributed by atoms with Gasteiger partial charge in [0.15, 0.2) is 0 Å². The standard InChI is InChI=1S/C16H16O2S/c1-11-7-13-10-19-16(17)15(13)14(8-11)18-9-12-5-3-2-4-6-12/h2-8,16-17H,9-10H2,1H3. The Bertz CT molecular complexity index is 581. The Kier molecular flexibility index (Phi) is 3.49. The molecule has 3 heteroatoms. The molecule has 0 saturated heterocycles. The fraction of sp³-hybridized carbons (Fsp3) is 0.250. The first-order chi connectivity index (χ1) is 9.24. The van der Waals surface area contributed by atoms with E-state index in [1.807, 2.05) is 36.4 Å². The van der Waals surface area contributed by atoms with Crippen molar-refractivity contribution in [3.8, 4) is 5.75 Å². The summed E-state index contributed by atoms with van der Waals surface area (Å²) in [4.78, 5) is 0. The predicted molar refractivity (Wildman–Crippen MR) is 78.2 cm³/mol. The van der Waals surface area contributed by atoms with Gasteiger partial charge >= 0.3 is 0 Å². The molecule has 2 aromatic rings. The second-order valence-corrected chi connectivity index (χ2v) is 5.84. The fourth-order valence-electron chi connectivity index (χ4n) is 2.34. The minimum Gasteiger partial charge on any atom is -0.488 e.